The number of rotatable bonds is 4. The minimum Gasteiger partial charge on any atom is -0.311 e. The first-order valence-electron chi connectivity index (χ1n) is 15.8. The van der Waals surface area contributed by atoms with Crippen LogP contribution in [-0.2, 0) is 0 Å². The zero-order valence-corrected chi connectivity index (χ0v) is 25.8. The summed E-state index contributed by atoms with van der Waals surface area (Å²) in [6.07, 6.45) is 0. The van der Waals surface area contributed by atoms with Crippen LogP contribution in [0.3, 0.4) is 0 Å². The van der Waals surface area contributed by atoms with Gasteiger partial charge in [0, 0.05) is 44.0 Å². The normalized spacial score (nSPS) is 11.3. The van der Waals surface area contributed by atoms with E-state index in [0.29, 0.717) is 11.4 Å². The molecule has 0 fully saturated rings. The van der Waals surface area contributed by atoms with E-state index in [1.165, 1.54) is 21.8 Å². The number of nitrogens with zero attached hydrogens (tertiary/aromatic N) is 4. The largest absolute Gasteiger partial charge is 0.311 e. The highest BCUT2D eigenvalue weighted by atomic mass is 15.0. The number of fused-ring (bicyclic) bond motifs is 6. The van der Waals surface area contributed by atoms with E-state index in [9.17, 15) is 0 Å². The van der Waals surface area contributed by atoms with E-state index in [1.54, 1.807) is 0 Å². The molecule has 0 amide bonds. The predicted molar refractivity (Wildman–Crippen MR) is 199 cm³/mol. The zero-order chi connectivity index (χ0) is 32.2. The number of hydrogen-bond acceptors (Lipinski definition) is 0. The zero-order valence-electron chi connectivity index (χ0n) is 25.8. The minimum absolute atomic E-state index is 0.566. The average molecular weight is 611 g/mol. The van der Waals surface area contributed by atoms with Gasteiger partial charge in [-0.1, -0.05) is 109 Å². The SMILES string of the molecule is [C-]#[N+]c1ccc(-c2cccc(-c3cccc(-n4c5ccccc5c5ccccc54)c3)c2)c(-n2c3ccccc3c3ccc([N+]#[C-])cc32)c1. The maximum absolute atomic E-state index is 7.83. The van der Waals surface area contributed by atoms with Gasteiger partial charge in [-0.25, -0.2) is 9.69 Å². The summed E-state index contributed by atoms with van der Waals surface area (Å²) in [5, 5.41) is 4.67. The molecule has 0 radical (unpaired) electrons. The van der Waals surface area contributed by atoms with Gasteiger partial charge in [0.15, 0.2) is 11.4 Å². The summed E-state index contributed by atoms with van der Waals surface area (Å²) >= 11 is 0. The van der Waals surface area contributed by atoms with Crippen molar-refractivity contribution in [1.29, 1.82) is 0 Å². The van der Waals surface area contributed by atoms with E-state index < -0.39 is 0 Å². The molecule has 0 saturated carbocycles. The highest BCUT2D eigenvalue weighted by Crippen LogP contribution is 2.40. The predicted octanol–water partition coefficient (Wildman–Crippen LogP) is 12.3. The minimum atomic E-state index is 0.566. The lowest BCUT2D eigenvalue weighted by Crippen LogP contribution is -1.97. The number of aromatic nitrogens is 2. The third-order valence-corrected chi connectivity index (χ3v) is 9.33. The molecule has 0 aliphatic rings. The molecule has 9 aromatic rings. The standard InChI is InChI=1S/C44H26N4/c1-45-32-21-23-35(43(27-32)48-42-20-8-5-17-38(42)39-24-22-33(46-2)28-44(39)48)31-13-9-11-29(25-31)30-12-10-14-34(26-30)47-40-18-6-3-15-36(40)37-16-4-7-19-41(37)47/h3-28H. The first-order valence-corrected chi connectivity index (χ1v) is 15.8. The molecule has 0 spiro atoms. The fraction of sp³-hybridized carbons (Fsp3) is 0. The van der Waals surface area contributed by atoms with Gasteiger partial charge in [-0.05, 0) is 65.2 Å². The van der Waals surface area contributed by atoms with Crippen LogP contribution in [0.15, 0.2) is 158 Å². The van der Waals surface area contributed by atoms with Crippen LogP contribution in [0.4, 0.5) is 11.4 Å². The molecule has 0 atom stereocenters. The summed E-state index contributed by atoms with van der Waals surface area (Å²) < 4.78 is 4.55. The first-order chi connectivity index (χ1) is 23.7. The lowest BCUT2D eigenvalue weighted by molar-refractivity contribution is 1.18. The Morgan fingerprint density at radius 1 is 0.375 bits per heavy atom. The van der Waals surface area contributed by atoms with Gasteiger partial charge in [-0.3, -0.25) is 0 Å². The molecular weight excluding hydrogens is 585 g/mol. The fourth-order valence-electron chi connectivity index (χ4n) is 7.20. The quantitative estimate of drug-likeness (QED) is 0.177. The molecule has 7 aromatic carbocycles. The molecule has 2 heterocycles. The van der Waals surface area contributed by atoms with Gasteiger partial charge in [-0.15, -0.1) is 0 Å². The van der Waals surface area contributed by atoms with Gasteiger partial charge >= 0.3 is 0 Å². The summed E-state index contributed by atoms with van der Waals surface area (Å²) in [7, 11) is 0. The Kier molecular flexibility index (Phi) is 6.22. The molecule has 2 aromatic heterocycles. The summed E-state index contributed by atoms with van der Waals surface area (Å²) in [5.74, 6) is 0. The van der Waals surface area contributed by atoms with E-state index in [2.05, 4.69) is 134 Å². The third-order valence-electron chi connectivity index (χ3n) is 9.33. The van der Waals surface area contributed by atoms with Crippen molar-refractivity contribution in [2.45, 2.75) is 0 Å². The fourth-order valence-corrected chi connectivity index (χ4v) is 7.20. The van der Waals surface area contributed by atoms with Gasteiger partial charge in [0.25, 0.3) is 0 Å². The molecule has 9 rings (SSSR count). The van der Waals surface area contributed by atoms with Crippen LogP contribution in [-0.4, -0.2) is 9.13 Å². The van der Waals surface area contributed by atoms with Gasteiger partial charge in [0.05, 0.1) is 29.7 Å². The molecule has 0 unspecified atom stereocenters. The Bertz CT molecular complexity index is 2760. The number of benzene rings is 7. The molecule has 4 nitrogen and oxygen atoms in total. The number of para-hydroxylation sites is 3. The Balaban J connectivity index is 1.23. The Labute approximate surface area is 277 Å². The van der Waals surface area contributed by atoms with E-state index >= 15 is 0 Å². The van der Waals surface area contributed by atoms with Gasteiger partial charge in [-0.2, -0.15) is 0 Å². The number of hydrogen-bond donors (Lipinski definition) is 0. The van der Waals surface area contributed by atoms with Crippen molar-refractivity contribution in [1.82, 2.24) is 9.13 Å². The summed E-state index contributed by atoms with van der Waals surface area (Å²) in [6, 6.07) is 54.6. The summed E-state index contributed by atoms with van der Waals surface area (Å²) in [4.78, 5) is 7.53. The van der Waals surface area contributed by atoms with Gasteiger partial charge < -0.3 is 9.13 Å². The van der Waals surface area contributed by atoms with Crippen LogP contribution in [0.25, 0.3) is 86.9 Å². The van der Waals surface area contributed by atoms with E-state index in [0.717, 1.165) is 55.4 Å². The Morgan fingerprint density at radius 2 is 0.896 bits per heavy atom. The molecule has 0 aliphatic heterocycles. The molecule has 0 saturated heterocycles. The van der Waals surface area contributed by atoms with Crippen LogP contribution < -0.4 is 0 Å². The average Bonchev–Trinajstić information content (AvgIpc) is 3.67. The Morgan fingerprint density at radius 3 is 1.56 bits per heavy atom. The molecule has 4 heteroatoms. The van der Waals surface area contributed by atoms with Crippen LogP contribution in [0.1, 0.15) is 0 Å². The van der Waals surface area contributed by atoms with E-state index in [1.807, 2.05) is 42.5 Å². The lowest BCUT2D eigenvalue weighted by atomic mass is 9.97. The van der Waals surface area contributed by atoms with Crippen molar-refractivity contribution in [2.75, 3.05) is 0 Å². The van der Waals surface area contributed by atoms with Crippen LogP contribution in [0.5, 0.6) is 0 Å². The molecular formula is C44H26N4. The molecule has 0 N–H and O–H groups in total. The monoisotopic (exact) mass is 610 g/mol. The molecule has 0 bridgehead atoms. The van der Waals surface area contributed by atoms with Crippen molar-refractivity contribution in [3.05, 3.63) is 181 Å². The summed E-state index contributed by atoms with van der Waals surface area (Å²) in [5.41, 5.74) is 11.8. The van der Waals surface area contributed by atoms with Crippen molar-refractivity contribution in [3.8, 4) is 33.6 Å². The lowest BCUT2D eigenvalue weighted by Gasteiger charge is -2.16. The second kappa shape index (κ2) is 10.9. The Hall–Kier alpha value is -6.88. The van der Waals surface area contributed by atoms with Crippen LogP contribution >= 0.6 is 0 Å². The highest BCUT2D eigenvalue weighted by molar-refractivity contribution is 6.11. The first kappa shape index (κ1) is 27.4. The van der Waals surface area contributed by atoms with Gasteiger partial charge in [0.1, 0.15) is 0 Å². The molecule has 0 aliphatic carbocycles. The maximum atomic E-state index is 7.83. The third kappa shape index (κ3) is 4.22. The van der Waals surface area contributed by atoms with E-state index in [-0.39, 0.29) is 0 Å². The van der Waals surface area contributed by atoms with Crippen molar-refractivity contribution in [3.63, 3.8) is 0 Å². The van der Waals surface area contributed by atoms with Crippen molar-refractivity contribution in [2.24, 2.45) is 0 Å². The highest BCUT2D eigenvalue weighted by Gasteiger charge is 2.18. The summed E-state index contributed by atoms with van der Waals surface area (Å²) in [6.45, 7) is 15.5. The molecule has 48 heavy (non-hydrogen) atoms. The maximum Gasteiger partial charge on any atom is 0.189 e. The smallest absolute Gasteiger partial charge is 0.189 e. The van der Waals surface area contributed by atoms with Gasteiger partial charge in [0.2, 0.25) is 0 Å². The topological polar surface area (TPSA) is 18.6 Å². The van der Waals surface area contributed by atoms with Crippen LogP contribution in [0.2, 0.25) is 0 Å². The van der Waals surface area contributed by atoms with Crippen molar-refractivity contribution >= 4 is 55.0 Å². The second-order valence-corrected chi connectivity index (χ2v) is 12.0. The molecule has 222 valence electrons. The van der Waals surface area contributed by atoms with Crippen LogP contribution in [0, 0.1) is 13.1 Å². The van der Waals surface area contributed by atoms with Crippen molar-refractivity contribution < 1.29 is 0 Å². The van der Waals surface area contributed by atoms with E-state index in [4.69, 9.17) is 13.1 Å². The second-order valence-electron chi connectivity index (χ2n) is 12.0.